The monoisotopic (exact) mass is 455 g/mol. The van der Waals surface area contributed by atoms with Crippen molar-refractivity contribution in [1.82, 2.24) is 10.2 Å². The molecule has 0 fully saturated rings. The van der Waals surface area contributed by atoms with Gasteiger partial charge in [0.1, 0.15) is 0 Å². The lowest BCUT2D eigenvalue weighted by atomic mass is 10.1. The Balaban J connectivity index is 1.43. The zero-order chi connectivity index (χ0) is 24.5. The molecule has 1 aliphatic rings. The first-order valence-corrected chi connectivity index (χ1v) is 10.9. The molecular formula is C27H25N3O4. The van der Waals surface area contributed by atoms with E-state index in [0.717, 1.165) is 0 Å². The Bertz CT molecular complexity index is 1250. The number of benzene rings is 3. The fourth-order valence-corrected chi connectivity index (χ4v) is 3.70. The van der Waals surface area contributed by atoms with Crippen LogP contribution < -0.4 is 10.6 Å². The molecule has 34 heavy (non-hydrogen) atoms. The summed E-state index contributed by atoms with van der Waals surface area (Å²) >= 11 is 0. The van der Waals surface area contributed by atoms with Crippen LogP contribution in [0.15, 0.2) is 72.8 Å². The van der Waals surface area contributed by atoms with Crippen molar-refractivity contribution in [2.75, 3.05) is 5.32 Å². The average molecular weight is 456 g/mol. The van der Waals surface area contributed by atoms with E-state index in [9.17, 15) is 19.2 Å². The molecule has 1 heterocycles. The number of nitrogens with one attached hydrogen (secondary N) is 2. The average Bonchev–Trinajstić information content (AvgIpc) is 3.04. The van der Waals surface area contributed by atoms with E-state index in [-0.39, 0.29) is 35.7 Å². The Labute approximate surface area is 197 Å². The SMILES string of the molecule is CC(C)(C)NC(=O)c1ccc(NC(=O)c2cccc(CN3C(=O)c4ccccc4C3=O)c2)cc1. The summed E-state index contributed by atoms with van der Waals surface area (Å²) in [6.45, 7) is 5.79. The van der Waals surface area contributed by atoms with Gasteiger partial charge in [0.25, 0.3) is 23.6 Å². The van der Waals surface area contributed by atoms with Gasteiger partial charge in [-0.2, -0.15) is 0 Å². The van der Waals surface area contributed by atoms with Gasteiger partial charge in [0.15, 0.2) is 0 Å². The highest BCUT2D eigenvalue weighted by Crippen LogP contribution is 2.24. The largest absolute Gasteiger partial charge is 0.347 e. The smallest absolute Gasteiger partial charge is 0.261 e. The lowest BCUT2D eigenvalue weighted by molar-refractivity contribution is 0.0641. The molecule has 172 valence electrons. The van der Waals surface area contributed by atoms with E-state index in [1.54, 1.807) is 72.8 Å². The summed E-state index contributed by atoms with van der Waals surface area (Å²) in [4.78, 5) is 51.5. The molecule has 4 amide bonds. The lowest BCUT2D eigenvalue weighted by Crippen LogP contribution is -2.40. The molecule has 3 aromatic carbocycles. The van der Waals surface area contributed by atoms with Gasteiger partial charge < -0.3 is 10.6 Å². The normalized spacial score (nSPS) is 13.0. The molecule has 0 saturated heterocycles. The molecule has 0 atom stereocenters. The van der Waals surface area contributed by atoms with Gasteiger partial charge in [-0.15, -0.1) is 0 Å². The van der Waals surface area contributed by atoms with Crippen LogP contribution in [0.3, 0.4) is 0 Å². The summed E-state index contributed by atoms with van der Waals surface area (Å²) in [5, 5.41) is 5.70. The van der Waals surface area contributed by atoms with Crippen molar-refractivity contribution >= 4 is 29.3 Å². The summed E-state index contributed by atoms with van der Waals surface area (Å²) < 4.78 is 0. The number of imide groups is 1. The predicted molar refractivity (Wildman–Crippen MR) is 129 cm³/mol. The van der Waals surface area contributed by atoms with Crippen molar-refractivity contribution in [2.24, 2.45) is 0 Å². The Morgan fingerprint density at radius 3 is 1.97 bits per heavy atom. The van der Waals surface area contributed by atoms with Crippen LogP contribution in [-0.2, 0) is 6.54 Å². The van der Waals surface area contributed by atoms with Crippen LogP contribution in [0, 0.1) is 0 Å². The molecule has 0 unspecified atom stereocenters. The predicted octanol–water partition coefficient (Wildman–Crippen LogP) is 4.26. The van der Waals surface area contributed by atoms with Gasteiger partial charge >= 0.3 is 0 Å². The molecule has 0 aliphatic carbocycles. The fourth-order valence-electron chi connectivity index (χ4n) is 3.70. The van der Waals surface area contributed by atoms with Gasteiger partial charge in [0.2, 0.25) is 0 Å². The minimum atomic E-state index is -0.345. The number of carbonyl (C=O) groups is 4. The molecule has 1 aliphatic heterocycles. The van der Waals surface area contributed by atoms with Crippen molar-refractivity contribution in [1.29, 1.82) is 0 Å². The van der Waals surface area contributed by atoms with Gasteiger partial charge in [-0.3, -0.25) is 24.1 Å². The first-order valence-electron chi connectivity index (χ1n) is 10.9. The third kappa shape index (κ3) is 4.88. The van der Waals surface area contributed by atoms with E-state index >= 15 is 0 Å². The fraction of sp³-hybridized carbons (Fsp3) is 0.185. The second-order valence-electron chi connectivity index (χ2n) is 9.18. The van der Waals surface area contributed by atoms with E-state index in [1.165, 1.54) is 4.90 Å². The Morgan fingerprint density at radius 1 is 0.765 bits per heavy atom. The summed E-state index contributed by atoms with van der Waals surface area (Å²) in [5.41, 5.74) is 2.53. The van der Waals surface area contributed by atoms with Crippen molar-refractivity contribution in [3.8, 4) is 0 Å². The van der Waals surface area contributed by atoms with E-state index in [0.29, 0.717) is 33.5 Å². The molecule has 3 aromatic rings. The zero-order valence-electron chi connectivity index (χ0n) is 19.2. The van der Waals surface area contributed by atoms with Crippen molar-refractivity contribution in [2.45, 2.75) is 32.9 Å². The highest BCUT2D eigenvalue weighted by atomic mass is 16.2. The second kappa shape index (κ2) is 8.94. The molecule has 0 radical (unpaired) electrons. The van der Waals surface area contributed by atoms with Crippen LogP contribution in [0.5, 0.6) is 0 Å². The Hall–Kier alpha value is -4.26. The molecule has 7 nitrogen and oxygen atoms in total. The maximum Gasteiger partial charge on any atom is 0.261 e. The number of nitrogens with zero attached hydrogens (tertiary/aromatic N) is 1. The summed E-state index contributed by atoms with van der Waals surface area (Å²) in [6.07, 6.45) is 0. The highest BCUT2D eigenvalue weighted by molar-refractivity contribution is 6.21. The van der Waals surface area contributed by atoms with Crippen molar-refractivity contribution in [3.05, 3.63) is 101 Å². The van der Waals surface area contributed by atoms with E-state index < -0.39 is 0 Å². The van der Waals surface area contributed by atoms with Gasteiger partial charge in [-0.05, 0) is 74.9 Å². The molecule has 2 N–H and O–H groups in total. The van der Waals surface area contributed by atoms with Crippen molar-refractivity contribution in [3.63, 3.8) is 0 Å². The molecule has 0 aromatic heterocycles. The number of carbonyl (C=O) groups excluding carboxylic acids is 4. The minimum absolute atomic E-state index is 0.0745. The van der Waals surface area contributed by atoms with Crippen LogP contribution in [0.4, 0.5) is 5.69 Å². The number of amides is 4. The van der Waals surface area contributed by atoms with Crippen molar-refractivity contribution < 1.29 is 19.2 Å². The van der Waals surface area contributed by atoms with E-state index in [2.05, 4.69) is 10.6 Å². The topological polar surface area (TPSA) is 95.6 Å². The summed E-state index contributed by atoms with van der Waals surface area (Å²) in [7, 11) is 0. The first-order chi connectivity index (χ1) is 16.1. The van der Waals surface area contributed by atoms with E-state index in [1.807, 2.05) is 20.8 Å². The third-order valence-corrected chi connectivity index (χ3v) is 5.30. The molecule has 4 rings (SSSR count). The van der Waals surface area contributed by atoms with E-state index in [4.69, 9.17) is 0 Å². The summed E-state index contributed by atoms with van der Waals surface area (Å²) in [5.74, 6) is -1.21. The molecular weight excluding hydrogens is 430 g/mol. The molecule has 7 heteroatoms. The molecule has 0 saturated carbocycles. The maximum absolute atomic E-state index is 12.8. The molecule has 0 bridgehead atoms. The quantitative estimate of drug-likeness (QED) is 0.562. The van der Waals surface area contributed by atoms with Gasteiger partial charge in [-0.1, -0.05) is 24.3 Å². The van der Waals surface area contributed by atoms with Gasteiger partial charge in [0, 0.05) is 22.4 Å². The van der Waals surface area contributed by atoms with Gasteiger partial charge in [0.05, 0.1) is 17.7 Å². The lowest BCUT2D eigenvalue weighted by Gasteiger charge is -2.20. The number of rotatable bonds is 5. The number of fused-ring (bicyclic) bond motifs is 1. The Morgan fingerprint density at radius 2 is 1.38 bits per heavy atom. The number of hydrogen-bond acceptors (Lipinski definition) is 4. The van der Waals surface area contributed by atoms with Crippen LogP contribution >= 0.6 is 0 Å². The third-order valence-electron chi connectivity index (χ3n) is 5.30. The number of hydrogen-bond donors (Lipinski definition) is 2. The van der Waals surface area contributed by atoms with Crippen LogP contribution in [-0.4, -0.2) is 34.1 Å². The van der Waals surface area contributed by atoms with Crippen LogP contribution in [0.25, 0.3) is 0 Å². The standard InChI is InChI=1S/C27H25N3O4/c1-27(2,3)29-24(32)18-11-13-20(14-12-18)28-23(31)19-8-6-7-17(15-19)16-30-25(33)21-9-4-5-10-22(21)26(30)34/h4-15H,16H2,1-3H3,(H,28,31)(H,29,32). The van der Waals surface area contributed by atoms with Crippen LogP contribution in [0.1, 0.15) is 67.8 Å². The molecule has 0 spiro atoms. The Kier molecular flexibility index (Phi) is 6.03. The highest BCUT2D eigenvalue weighted by Gasteiger charge is 2.35. The van der Waals surface area contributed by atoms with Gasteiger partial charge in [-0.25, -0.2) is 0 Å². The summed E-state index contributed by atoms with van der Waals surface area (Å²) in [6, 6.07) is 20.1. The minimum Gasteiger partial charge on any atom is -0.347 e. The van der Waals surface area contributed by atoms with Crippen LogP contribution in [0.2, 0.25) is 0 Å². The number of anilines is 1. The second-order valence-corrected chi connectivity index (χ2v) is 9.18. The maximum atomic E-state index is 12.8. The first kappa shape index (κ1) is 22.9. The zero-order valence-corrected chi connectivity index (χ0v) is 19.2.